The van der Waals surface area contributed by atoms with Gasteiger partial charge in [0.1, 0.15) is 5.78 Å². The lowest BCUT2D eigenvalue weighted by Gasteiger charge is -2.30. The second-order valence-corrected chi connectivity index (χ2v) is 7.05. The molecule has 1 unspecified atom stereocenters. The lowest BCUT2D eigenvalue weighted by Crippen LogP contribution is -2.26. The number of hydrogen-bond donors (Lipinski definition) is 0. The van der Waals surface area contributed by atoms with E-state index in [1.54, 1.807) is 0 Å². The predicted octanol–water partition coefficient (Wildman–Crippen LogP) is 4.74. The number of Topliss-reactive ketones (excluding diaryl/α,β-unsaturated/α-hetero) is 1. The molecule has 1 heteroatoms. The summed E-state index contributed by atoms with van der Waals surface area (Å²) in [6.07, 6.45) is 12.5. The quantitative estimate of drug-likeness (QED) is 0.601. The summed E-state index contributed by atoms with van der Waals surface area (Å²) in [5, 5.41) is 0. The Labute approximate surface area is 106 Å². The third kappa shape index (κ3) is 3.56. The summed E-state index contributed by atoms with van der Waals surface area (Å²) in [7, 11) is 0. The Morgan fingerprint density at radius 3 is 2.29 bits per heavy atom. The minimum atomic E-state index is 0.392. The van der Waals surface area contributed by atoms with Crippen LogP contribution in [-0.4, -0.2) is 5.78 Å². The highest BCUT2D eigenvalue weighted by Gasteiger charge is 2.35. The molecule has 17 heavy (non-hydrogen) atoms. The van der Waals surface area contributed by atoms with Gasteiger partial charge in [0, 0.05) is 12.3 Å². The molecular weight excluding hydrogens is 208 g/mol. The van der Waals surface area contributed by atoms with E-state index in [0.717, 1.165) is 19.3 Å². The Hall–Kier alpha value is -0.330. The lowest BCUT2D eigenvalue weighted by molar-refractivity contribution is -0.125. The molecule has 2 aliphatic rings. The molecule has 1 atom stereocenters. The molecule has 0 N–H and O–H groups in total. The zero-order valence-corrected chi connectivity index (χ0v) is 11.6. The molecule has 98 valence electrons. The summed E-state index contributed by atoms with van der Waals surface area (Å²) in [4.78, 5) is 12.3. The monoisotopic (exact) mass is 236 g/mol. The van der Waals surface area contributed by atoms with Gasteiger partial charge in [0.05, 0.1) is 0 Å². The Kier molecular flexibility index (Phi) is 4.27. The van der Waals surface area contributed by atoms with Crippen LogP contribution in [0.15, 0.2) is 0 Å². The van der Waals surface area contributed by atoms with Crippen LogP contribution < -0.4 is 0 Å². The molecule has 0 radical (unpaired) electrons. The SMILES string of the molecule is CC1(C)CCCC(=O)C(C2CCCCCC2)C1. The number of rotatable bonds is 1. The molecule has 0 aromatic carbocycles. The molecule has 0 aromatic heterocycles. The Bertz CT molecular complexity index is 259. The number of hydrogen-bond acceptors (Lipinski definition) is 1. The van der Waals surface area contributed by atoms with E-state index in [2.05, 4.69) is 13.8 Å². The maximum atomic E-state index is 12.3. The van der Waals surface area contributed by atoms with E-state index in [9.17, 15) is 4.79 Å². The number of carbonyl (C=O) groups is 1. The average Bonchev–Trinajstić information content (AvgIpc) is 2.59. The van der Waals surface area contributed by atoms with Gasteiger partial charge in [-0.15, -0.1) is 0 Å². The molecule has 2 saturated carbocycles. The van der Waals surface area contributed by atoms with E-state index >= 15 is 0 Å². The molecule has 2 aliphatic carbocycles. The van der Waals surface area contributed by atoms with Crippen molar-refractivity contribution in [1.82, 2.24) is 0 Å². The first-order valence-electron chi connectivity index (χ1n) is 7.61. The van der Waals surface area contributed by atoms with E-state index in [-0.39, 0.29) is 0 Å². The van der Waals surface area contributed by atoms with Gasteiger partial charge in [0.2, 0.25) is 0 Å². The van der Waals surface area contributed by atoms with Crippen LogP contribution in [0.2, 0.25) is 0 Å². The highest BCUT2D eigenvalue weighted by molar-refractivity contribution is 5.81. The molecule has 0 aliphatic heterocycles. The highest BCUT2D eigenvalue weighted by atomic mass is 16.1. The zero-order chi connectivity index (χ0) is 12.3. The molecular formula is C16H28O. The van der Waals surface area contributed by atoms with Gasteiger partial charge in [-0.1, -0.05) is 39.5 Å². The van der Waals surface area contributed by atoms with Crippen molar-refractivity contribution in [2.75, 3.05) is 0 Å². The van der Waals surface area contributed by atoms with Crippen molar-refractivity contribution in [3.63, 3.8) is 0 Å². The number of ketones is 1. The fourth-order valence-electron chi connectivity index (χ4n) is 3.88. The first kappa shape index (κ1) is 13.1. The van der Waals surface area contributed by atoms with Crippen LogP contribution in [0.25, 0.3) is 0 Å². The van der Waals surface area contributed by atoms with Gasteiger partial charge in [-0.05, 0) is 43.4 Å². The van der Waals surface area contributed by atoms with E-state index in [4.69, 9.17) is 0 Å². The summed E-state index contributed by atoms with van der Waals surface area (Å²) in [5.41, 5.74) is 0.392. The Morgan fingerprint density at radius 2 is 1.65 bits per heavy atom. The highest BCUT2D eigenvalue weighted by Crippen LogP contribution is 2.42. The van der Waals surface area contributed by atoms with Gasteiger partial charge in [-0.25, -0.2) is 0 Å². The van der Waals surface area contributed by atoms with Crippen LogP contribution in [0.1, 0.15) is 78.1 Å². The fourth-order valence-corrected chi connectivity index (χ4v) is 3.88. The van der Waals surface area contributed by atoms with Gasteiger partial charge < -0.3 is 0 Å². The smallest absolute Gasteiger partial charge is 0.136 e. The minimum Gasteiger partial charge on any atom is -0.299 e. The lowest BCUT2D eigenvalue weighted by atomic mass is 9.74. The standard InChI is InChI=1S/C16H28O/c1-16(2)11-7-10-15(17)14(12-16)13-8-5-3-4-6-9-13/h13-14H,3-12H2,1-2H3. The summed E-state index contributed by atoms with van der Waals surface area (Å²) in [5.74, 6) is 1.69. The van der Waals surface area contributed by atoms with Crippen molar-refractivity contribution >= 4 is 5.78 Å². The second kappa shape index (κ2) is 5.54. The van der Waals surface area contributed by atoms with Gasteiger partial charge in [0.15, 0.2) is 0 Å². The van der Waals surface area contributed by atoms with Crippen molar-refractivity contribution in [2.45, 2.75) is 78.1 Å². The third-order valence-electron chi connectivity index (χ3n) is 4.93. The van der Waals surface area contributed by atoms with E-state index < -0.39 is 0 Å². The summed E-state index contributed by atoms with van der Waals surface area (Å²) in [6, 6.07) is 0. The van der Waals surface area contributed by atoms with Crippen LogP contribution in [0.5, 0.6) is 0 Å². The normalized spacial score (nSPS) is 31.9. The first-order chi connectivity index (χ1) is 8.08. The van der Waals surface area contributed by atoms with Crippen molar-refractivity contribution < 1.29 is 4.79 Å². The molecule has 2 rings (SSSR count). The second-order valence-electron chi connectivity index (χ2n) is 7.05. The van der Waals surface area contributed by atoms with Gasteiger partial charge in [0.25, 0.3) is 0 Å². The van der Waals surface area contributed by atoms with E-state index in [1.165, 1.54) is 44.9 Å². The molecule has 0 bridgehead atoms. The average molecular weight is 236 g/mol. The fraction of sp³-hybridized carbons (Fsp3) is 0.938. The van der Waals surface area contributed by atoms with Crippen LogP contribution in [-0.2, 0) is 4.79 Å². The van der Waals surface area contributed by atoms with Crippen LogP contribution in [0, 0.1) is 17.3 Å². The van der Waals surface area contributed by atoms with E-state index in [0.29, 0.717) is 23.0 Å². The summed E-state index contributed by atoms with van der Waals surface area (Å²) >= 11 is 0. The maximum absolute atomic E-state index is 12.3. The van der Waals surface area contributed by atoms with E-state index in [1.807, 2.05) is 0 Å². The zero-order valence-electron chi connectivity index (χ0n) is 11.6. The van der Waals surface area contributed by atoms with Gasteiger partial charge in [-0.2, -0.15) is 0 Å². The van der Waals surface area contributed by atoms with Crippen molar-refractivity contribution in [3.8, 4) is 0 Å². The number of carbonyl (C=O) groups excluding carboxylic acids is 1. The maximum Gasteiger partial charge on any atom is 0.136 e. The van der Waals surface area contributed by atoms with Crippen LogP contribution in [0.3, 0.4) is 0 Å². The Morgan fingerprint density at radius 1 is 1.00 bits per heavy atom. The van der Waals surface area contributed by atoms with Crippen molar-refractivity contribution in [1.29, 1.82) is 0 Å². The molecule has 0 amide bonds. The summed E-state index contributed by atoms with van der Waals surface area (Å²) < 4.78 is 0. The molecule has 0 spiro atoms. The first-order valence-corrected chi connectivity index (χ1v) is 7.61. The molecule has 0 aromatic rings. The predicted molar refractivity (Wildman–Crippen MR) is 71.9 cm³/mol. The largest absolute Gasteiger partial charge is 0.299 e. The van der Waals surface area contributed by atoms with Gasteiger partial charge >= 0.3 is 0 Å². The van der Waals surface area contributed by atoms with Crippen molar-refractivity contribution in [3.05, 3.63) is 0 Å². The Balaban J connectivity index is 2.06. The molecule has 2 fully saturated rings. The van der Waals surface area contributed by atoms with Gasteiger partial charge in [-0.3, -0.25) is 4.79 Å². The van der Waals surface area contributed by atoms with Crippen molar-refractivity contribution in [2.24, 2.45) is 17.3 Å². The molecule has 1 nitrogen and oxygen atoms in total. The van der Waals surface area contributed by atoms with Crippen LogP contribution >= 0.6 is 0 Å². The summed E-state index contributed by atoms with van der Waals surface area (Å²) in [6.45, 7) is 4.71. The minimum absolute atomic E-state index is 0.392. The van der Waals surface area contributed by atoms with Crippen LogP contribution in [0.4, 0.5) is 0 Å². The molecule has 0 heterocycles. The molecule has 0 saturated heterocycles. The third-order valence-corrected chi connectivity index (χ3v) is 4.93. The topological polar surface area (TPSA) is 17.1 Å².